The van der Waals surface area contributed by atoms with Gasteiger partial charge in [-0.15, -0.1) is 0 Å². The second-order valence-electron chi connectivity index (χ2n) is 5.70. The van der Waals surface area contributed by atoms with Crippen molar-refractivity contribution >= 4 is 11.9 Å². The van der Waals surface area contributed by atoms with Crippen molar-refractivity contribution in [2.24, 2.45) is 5.41 Å². The normalized spacial score (nSPS) is 19.3. The maximum absolute atomic E-state index is 10.7. The highest BCUT2D eigenvalue weighted by atomic mass is 16.4. The highest BCUT2D eigenvalue weighted by molar-refractivity contribution is 5.89. The number of pyridine rings is 1. The summed E-state index contributed by atoms with van der Waals surface area (Å²) in [6.45, 7) is 4.80. The van der Waals surface area contributed by atoms with Gasteiger partial charge >= 0.3 is 5.97 Å². The fraction of sp³-hybridized carbons (Fsp3) is 0.389. The molecule has 1 unspecified atom stereocenters. The number of carbonyl (C=O) groups is 2. The Labute approximate surface area is 136 Å². The Morgan fingerprint density at radius 3 is 2.48 bits per heavy atom. The van der Waals surface area contributed by atoms with Gasteiger partial charge in [-0.25, -0.2) is 9.36 Å². The summed E-state index contributed by atoms with van der Waals surface area (Å²) < 4.78 is 2.21. The molecule has 0 amide bonds. The van der Waals surface area contributed by atoms with E-state index < -0.39 is 17.4 Å². The lowest BCUT2D eigenvalue weighted by molar-refractivity contribution is -0.697. The molecule has 1 aromatic rings. The monoisotopic (exact) mass is 317 g/mol. The number of rotatable bonds is 5. The van der Waals surface area contributed by atoms with E-state index in [-0.39, 0.29) is 12.0 Å². The molecule has 1 N–H and O–H groups in total. The van der Waals surface area contributed by atoms with Crippen LogP contribution < -0.4 is 9.67 Å². The summed E-state index contributed by atoms with van der Waals surface area (Å²) in [5, 5.41) is 19.3. The predicted octanol–water partition coefficient (Wildman–Crippen LogP) is 1.49. The minimum Gasteiger partial charge on any atom is -0.549 e. The van der Waals surface area contributed by atoms with Crippen LogP contribution in [0.3, 0.4) is 0 Å². The van der Waals surface area contributed by atoms with Crippen LogP contribution in [0.4, 0.5) is 0 Å². The van der Waals surface area contributed by atoms with E-state index in [9.17, 15) is 14.7 Å². The second-order valence-corrected chi connectivity index (χ2v) is 5.70. The third kappa shape index (κ3) is 6.06. The summed E-state index contributed by atoms with van der Waals surface area (Å²) >= 11 is 0. The lowest BCUT2D eigenvalue weighted by Crippen LogP contribution is -2.40. The summed E-state index contributed by atoms with van der Waals surface area (Å²) in [6.07, 6.45) is 11.0. The summed E-state index contributed by atoms with van der Waals surface area (Å²) in [5.41, 5.74) is -1.10. The number of carbonyl (C=O) groups excluding carboxylic acids is 1. The molecule has 124 valence electrons. The third-order valence-corrected chi connectivity index (χ3v) is 3.61. The first-order valence-electron chi connectivity index (χ1n) is 7.66. The van der Waals surface area contributed by atoms with Gasteiger partial charge in [-0.2, -0.15) is 0 Å². The van der Waals surface area contributed by atoms with Crippen molar-refractivity contribution in [3.63, 3.8) is 0 Å². The van der Waals surface area contributed by atoms with Gasteiger partial charge in [0.15, 0.2) is 12.4 Å². The van der Waals surface area contributed by atoms with Gasteiger partial charge < -0.3 is 15.0 Å². The SMILES string of the molecule is CC1(C(=O)[O-])C=CC=C(C(=O)O)C1.CCCC[n+]1ccccc1. The van der Waals surface area contributed by atoms with Crippen LogP contribution >= 0.6 is 0 Å². The van der Waals surface area contributed by atoms with Crippen molar-refractivity contribution in [3.8, 4) is 0 Å². The molecule has 0 saturated carbocycles. The molecule has 0 bridgehead atoms. The van der Waals surface area contributed by atoms with Crippen LogP contribution in [0.25, 0.3) is 0 Å². The molecule has 5 heteroatoms. The first-order valence-corrected chi connectivity index (χ1v) is 7.66. The molecule has 0 spiro atoms. The van der Waals surface area contributed by atoms with E-state index in [1.807, 2.05) is 6.07 Å². The van der Waals surface area contributed by atoms with Gasteiger partial charge in [0.05, 0.1) is 5.97 Å². The molecule has 1 atom stereocenters. The van der Waals surface area contributed by atoms with Crippen LogP contribution in [0, 0.1) is 5.41 Å². The summed E-state index contributed by atoms with van der Waals surface area (Å²) in [6, 6.07) is 6.17. The van der Waals surface area contributed by atoms with E-state index in [2.05, 4.69) is 36.0 Å². The Bertz CT molecular complexity index is 592. The van der Waals surface area contributed by atoms with Crippen LogP contribution in [-0.2, 0) is 16.1 Å². The summed E-state index contributed by atoms with van der Waals surface area (Å²) in [4.78, 5) is 21.2. The molecule has 1 aliphatic rings. The molecule has 1 heterocycles. The van der Waals surface area contributed by atoms with Crippen molar-refractivity contribution in [1.82, 2.24) is 0 Å². The molecule has 0 aliphatic heterocycles. The number of hydrogen-bond donors (Lipinski definition) is 1. The number of carboxylic acids is 2. The maximum Gasteiger partial charge on any atom is 0.331 e. The molecule has 1 aliphatic carbocycles. The molecule has 0 aromatic carbocycles. The molecule has 0 radical (unpaired) electrons. The number of hydrogen-bond acceptors (Lipinski definition) is 3. The highest BCUT2D eigenvalue weighted by Crippen LogP contribution is 2.30. The maximum atomic E-state index is 10.7. The molecule has 0 saturated heterocycles. The minimum absolute atomic E-state index is 0.0266. The van der Waals surface area contributed by atoms with Crippen molar-refractivity contribution < 1.29 is 24.4 Å². The third-order valence-electron chi connectivity index (χ3n) is 3.61. The van der Waals surface area contributed by atoms with E-state index >= 15 is 0 Å². The van der Waals surface area contributed by atoms with Crippen molar-refractivity contribution in [2.45, 2.75) is 39.7 Å². The van der Waals surface area contributed by atoms with Crippen LogP contribution in [-0.4, -0.2) is 17.0 Å². The van der Waals surface area contributed by atoms with Crippen LogP contribution in [0.1, 0.15) is 33.1 Å². The standard InChI is InChI=1S/C9H14N.C9H10O4/c1-2-3-7-10-8-5-4-6-9-10;1-9(8(12)13)4-2-3-6(5-9)7(10)11/h4-6,8-9H,2-3,7H2,1H3;2-4H,5H2,1H3,(H,10,11)(H,12,13)/q+1;/p-1. The van der Waals surface area contributed by atoms with Gasteiger partial charge in [0.1, 0.15) is 6.54 Å². The van der Waals surface area contributed by atoms with Crippen molar-refractivity contribution in [2.75, 3.05) is 0 Å². The van der Waals surface area contributed by atoms with Crippen LogP contribution in [0.5, 0.6) is 0 Å². The second kappa shape index (κ2) is 8.88. The Morgan fingerprint density at radius 1 is 1.30 bits per heavy atom. The molecular weight excluding hydrogens is 294 g/mol. The number of aromatic nitrogens is 1. The first-order chi connectivity index (χ1) is 10.9. The molecule has 1 aromatic heterocycles. The lowest BCUT2D eigenvalue weighted by atomic mass is 9.80. The van der Waals surface area contributed by atoms with Crippen LogP contribution in [0.15, 0.2) is 54.4 Å². The van der Waals surface area contributed by atoms with Gasteiger partial charge in [-0.1, -0.05) is 44.6 Å². The van der Waals surface area contributed by atoms with Crippen molar-refractivity contribution in [1.29, 1.82) is 0 Å². The van der Waals surface area contributed by atoms with Gasteiger partial charge in [0.2, 0.25) is 0 Å². The quantitative estimate of drug-likeness (QED) is 0.834. The number of unbranched alkanes of at least 4 members (excludes halogenated alkanes) is 1. The van der Waals surface area contributed by atoms with E-state index in [1.54, 1.807) is 0 Å². The van der Waals surface area contributed by atoms with E-state index in [0.29, 0.717) is 0 Å². The Kier molecular flexibility index (Phi) is 7.19. The van der Waals surface area contributed by atoms with Crippen molar-refractivity contribution in [3.05, 3.63) is 54.4 Å². The largest absolute Gasteiger partial charge is 0.549 e. The smallest absolute Gasteiger partial charge is 0.331 e. The van der Waals surface area contributed by atoms with Gasteiger partial charge in [0.25, 0.3) is 0 Å². The molecular formula is C18H23NO4. The Hall–Kier alpha value is -2.43. The fourth-order valence-corrected chi connectivity index (χ4v) is 2.10. The summed E-state index contributed by atoms with van der Waals surface area (Å²) in [5.74, 6) is -2.34. The minimum atomic E-state index is -1.25. The number of aliphatic carboxylic acids is 2. The number of carboxylic acid groups (broad SMARTS) is 2. The first kappa shape index (κ1) is 18.6. The zero-order valence-corrected chi connectivity index (χ0v) is 13.6. The number of allylic oxidation sites excluding steroid dienone is 2. The summed E-state index contributed by atoms with van der Waals surface area (Å²) in [7, 11) is 0. The molecule has 23 heavy (non-hydrogen) atoms. The molecule has 2 rings (SSSR count). The Balaban J connectivity index is 0.000000238. The van der Waals surface area contributed by atoms with Gasteiger partial charge in [-0.3, -0.25) is 0 Å². The lowest BCUT2D eigenvalue weighted by Gasteiger charge is -2.29. The van der Waals surface area contributed by atoms with E-state index in [0.717, 1.165) is 6.54 Å². The fourth-order valence-electron chi connectivity index (χ4n) is 2.10. The number of aryl methyl sites for hydroxylation is 1. The molecule has 0 fully saturated rings. The zero-order valence-electron chi connectivity index (χ0n) is 13.6. The average molecular weight is 317 g/mol. The predicted molar refractivity (Wildman–Crippen MR) is 84.1 cm³/mol. The Morgan fingerprint density at radius 2 is 1.96 bits per heavy atom. The van der Waals surface area contributed by atoms with Gasteiger partial charge in [0, 0.05) is 29.5 Å². The van der Waals surface area contributed by atoms with E-state index in [4.69, 9.17) is 5.11 Å². The highest BCUT2D eigenvalue weighted by Gasteiger charge is 2.28. The molecule has 5 nitrogen and oxygen atoms in total. The zero-order chi connectivity index (χ0) is 17.3. The van der Waals surface area contributed by atoms with E-state index in [1.165, 1.54) is 38.0 Å². The topological polar surface area (TPSA) is 81.3 Å². The number of nitrogens with zero attached hydrogens (tertiary/aromatic N) is 1. The van der Waals surface area contributed by atoms with Gasteiger partial charge in [-0.05, 0) is 6.42 Å². The average Bonchev–Trinajstić information content (AvgIpc) is 2.54. The van der Waals surface area contributed by atoms with Crippen LogP contribution in [0.2, 0.25) is 0 Å².